The van der Waals surface area contributed by atoms with Gasteiger partial charge < -0.3 is 15.2 Å². The van der Waals surface area contributed by atoms with Gasteiger partial charge in [0.25, 0.3) is 0 Å². The molecule has 1 fully saturated rings. The van der Waals surface area contributed by atoms with Gasteiger partial charge in [-0.3, -0.25) is 4.90 Å². The van der Waals surface area contributed by atoms with Crippen molar-refractivity contribution in [1.82, 2.24) is 4.90 Å². The highest BCUT2D eigenvalue weighted by Gasteiger charge is 2.42. The van der Waals surface area contributed by atoms with E-state index in [2.05, 4.69) is 18.9 Å². The van der Waals surface area contributed by atoms with Crippen molar-refractivity contribution in [2.45, 2.75) is 44.1 Å². The highest BCUT2D eigenvalue weighted by Crippen LogP contribution is 2.31. The van der Waals surface area contributed by atoms with Crippen molar-refractivity contribution in [2.24, 2.45) is 5.73 Å². The van der Waals surface area contributed by atoms with Gasteiger partial charge in [0.2, 0.25) is 0 Å². The summed E-state index contributed by atoms with van der Waals surface area (Å²) in [7, 11) is 5.44. The van der Waals surface area contributed by atoms with Crippen LogP contribution in [0.3, 0.4) is 0 Å². The highest BCUT2D eigenvalue weighted by atomic mass is 16.7. The molecule has 0 aromatic rings. The van der Waals surface area contributed by atoms with Gasteiger partial charge in [-0.25, -0.2) is 0 Å². The Hall–Kier alpha value is -0.160. The van der Waals surface area contributed by atoms with E-state index in [0.29, 0.717) is 12.6 Å². The molecule has 90 valence electrons. The summed E-state index contributed by atoms with van der Waals surface area (Å²) in [5, 5.41) is 0. The third-order valence-corrected chi connectivity index (χ3v) is 3.78. The molecular weight excluding hydrogens is 192 g/mol. The first-order valence-corrected chi connectivity index (χ1v) is 5.58. The number of methoxy groups -OCH3 is 2. The number of likely N-dealkylation sites (N-methyl/N-ethyl adjacent to an activating group) is 1. The molecular formula is C11H24N2O2. The number of ether oxygens (including phenoxy) is 2. The van der Waals surface area contributed by atoms with Crippen molar-refractivity contribution < 1.29 is 9.47 Å². The lowest BCUT2D eigenvalue weighted by Gasteiger charge is -2.48. The molecule has 1 rings (SSSR count). The summed E-state index contributed by atoms with van der Waals surface area (Å²) >= 11 is 0. The molecule has 0 spiro atoms. The molecule has 2 N–H and O–H groups in total. The fourth-order valence-corrected chi connectivity index (χ4v) is 2.20. The molecule has 1 unspecified atom stereocenters. The molecule has 1 atom stereocenters. The summed E-state index contributed by atoms with van der Waals surface area (Å²) < 4.78 is 10.7. The fourth-order valence-electron chi connectivity index (χ4n) is 2.20. The zero-order chi connectivity index (χ0) is 11.5. The second-order valence-corrected chi connectivity index (χ2v) is 4.56. The molecule has 1 saturated carbocycles. The van der Waals surface area contributed by atoms with Crippen molar-refractivity contribution >= 4 is 0 Å². The van der Waals surface area contributed by atoms with Crippen LogP contribution in [0.1, 0.15) is 26.2 Å². The van der Waals surface area contributed by atoms with Crippen LogP contribution in [0.2, 0.25) is 0 Å². The maximum absolute atomic E-state index is 5.87. The summed E-state index contributed by atoms with van der Waals surface area (Å²) in [5.41, 5.74) is 5.63. The van der Waals surface area contributed by atoms with Gasteiger partial charge in [0.15, 0.2) is 6.29 Å². The predicted octanol–water partition coefficient (Wildman–Crippen LogP) is 0.807. The van der Waals surface area contributed by atoms with E-state index in [1.54, 1.807) is 14.2 Å². The molecule has 0 heterocycles. The van der Waals surface area contributed by atoms with Crippen molar-refractivity contribution in [3.05, 3.63) is 0 Å². The van der Waals surface area contributed by atoms with E-state index >= 15 is 0 Å². The molecule has 0 aromatic heterocycles. The van der Waals surface area contributed by atoms with E-state index in [0.717, 1.165) is 0 Å². The number of nitrogens with two attached hydrogens (primary N) is 1. The molecule has 15 heavy (non-hydrogen) atoms. The Morgan fingerprint density at radius 1 is 1.40 bits per heavy atom. The average Bonchev–Trinajstić information content (AvgIpc) is 2.16. The molecule has 0 bridgehead atoms. The number of hydrogen-bond acceptors (Lipinski definition) is 4. The minimum atomic E-state index is -0.270. The van der Waals surface area contributed by atoms with Crippen molar-refractivity contribution in [1.29, 1.82) is 0 Å². The van der Waals surface area contributed by atoms with Crippen LogP contribution in [0.4, 0.5) is 0 Å². The normalized spacial score (nSPS) is 21.8. The molecule has 4 heteroatoms. The van der Waals surface area contributed by atoms with Gasteiger partial charge in [-0.05, 0) is 26.8 Å². The third-order valence-electron chi connectivity index (χ3n) is 3.78. The van der Waals surface area contributed by atoms with Crippen LogP contribution >= 0.6 is 0 Å². The highest BCUT2D eigenvalue weighted by molar-refractivity contribution is 4.94. The third kappa shape index (κ3) is 2.33. The van der Waals surface area contributed by atoms with E-state index in [-0.39, 0.29) is 11.8 Å². The van der Waals surface area contributed by atoms with Crippen LogP contribution in [0.25, 0.3) is 0 Å². The summed E-state index contributed by atoms with van der Waals surface area (Å²) in [6, 6.07) is 0.631. The quantitative estimate of drug-likeness (QED) is 0.667. The minimum absolute atomic E-state index is 0.241. The first kappa shape index (κ1) is 12.9. The van der Waals surface area contributed by atoms with Gasteiger partial charge in [-0.1, -0.05) is 6.42 Å². The largest absolute Gasteiger partial charge is 0.354 e. The molecule has 0 aliphatic heterocycles. The minimum Gasteiger partial charge on any atom is -0.354 e. The molecule has 0 aromatic carbocycles. The van der Waals surface area contributed by atoms with Crippen molar-refractivity contribution in [2.75, 3.05) is 27.8 Å². The van der Waals surface area contributed by atoms with Gasteiger partial charge in [-0.15, -0.1) is 0 Å². The number of hydrogen-bond donors (Lipinski definition) is 1. The van der Waals surface area contributed by atoms with Crippen LogP contribution in [0, 0.1) is 0 Å². The second-order valence-electron chi connectivity index (χ2n) is 4.56. The lowest BCUT2D eigenvalue weighted by atomic mass is 9.87. The smallest absolute Gasteiger partial charge is 0.176 e. The Bertz CT molecular complexity index is 193. The Labute approximate surface area is 92.7 Å². The van der Waals surface area contributed by atoms with E-state index < -0.39 is 0 Å². The lowest BCUT2D eigenvalue weighted by Crippen LogP contribution is -2.62. The summed E-state index contributed by atoms with van der Waals surface area (Å²) in [6.07, 6.45) is 3.56. The maximum atomic E-state index is 5.87. The lowest BCUT2D eigenvalue weighted by molar-refractivity contribution is -0.187. The van der Waals surface area contributed by atoms with Crippen LogP contribution < -0.4 is 5.73 Å². The fraction of sp³-hybridized carbons (Fsp3) is 1.00. The number of nitrogens with zero attached hydrogens (tertiary/aromatic N) is 1. The number of rotatable bonds is 6. The van der Waals surface area contributed by atoms with Gasteiger partial charge in [0.1, 0.15) is 0 Å². The molecule has 0 saturated heterocycles. The van der Waals surface area contributed by atoms with Crippen molar-refractivity contribution in [3.8, 4) is 0 Å². The van der Waals surface area contributed by atoms with Crippen LogP contribution in [-0.2, 0) is 9.47 Å². The predicted molar refractivity (Wildman–Crippen MR) is 60.7 cm³/mol. The maximum Gasteiger partial charge on any atom is 0.176 e. The van der Waals surface area contributed by atoms with Crippen LogP contribution in [0.15, 0.2) is 0 Å². The topological polar surface area (TPSA) is 47.7 Å². The van der Waals surface area contributed by atoms with Crippen LogP contribution in [-0.4, -0.2) is 50.6 Å². The summed E-state index contributed by atoms with van der Waals surface area (Å²) in [4.78, 5) is 2.31. The molecule has 4 nitrogen and oxygen atoms in total. The van der Waals surface area contributed by atoms with Gasteiger partial charge >= 0.3 is 0 Å². The first-order chi connectivity index (χ1) is 7.10. The molecule has 1 aliphatic carbocycles. The Morgan fingerprint density at radius 2 is 1.93 bits per heavy atom. The van der Waals surface area contributed by atoms with Crippen molar-refractivity contribution in [3.63, 3.8) is 0 Å². The van der Waals surface area contributed by atoms with Gasteiger partial charge in [-0.2, -0.15) is 0 Å². The Morgan fingerprint density at radius 3 is 2.20 bits per heavy atom. The average molecular weight is 216 g/mol. The molecule has 0 amide bonds. The van der Waals surface area contributed by atoms with E-state index in [1.807, 2.05) is 0 Å². The summed E-state index contributed by atoms with van der Waals surface area (Å²) in [5.74, 6) is 0. The van der Waals surface area contributed by atoms with Crippen LogP contribution in [0.5, 0.6) is 0 Å². The Kier molecular flexibility index (Phi) is 4.52. The van der Waals surface area contributed by atoms with E-state index in [4.69, 9.17) is 15.2 Å². The standard InChI is InChI=1S/C11H24N2O2/c1-11(8-12,10(14-3)15-4)13(2)9-6-5-7-9/h9-10H,5-8,12H2,1-4H3. The SMILES string of the molecule is COC(OC)C(C)(CN)N(C)C1CCC1. The van der Waals surface area contributed by atoms with Gasteiger partial charge in [0, 0.05) is 26.8 Å². The molecule has 1 aliphatic rings. The molecule has 0 radical (unpaired) electrons. The monoisotopic (exact) mass is 216 g/mol. The summed E-state index contributed by atoms with van der Waals surface area (Å²) in [6.45, 7) is 2.63. The van der Waals surface area contributed by atoms with E-state index in [1.165, 1.54) is 19.3 Å². The van der Waals surface area contributed by atoms with E-state index in [9.17, 15) is 0 Å². The zero-order valence-corrected chi connectivity index (χ0v) is 10.3. The Balaban J connectivity index is 2.71. The second kappa shape index (κ2) is 5.25. The zero-order valence-electron chi connectivity index (χ0n) is 10.3. The van der Waals surface area contributed by atoms with Gasteiger partial charge in [0.05, 0.1) is 5.54 Å². The first-order valence-electron chi connectivity index (χ1n) is 5.58.